The number of hydrogen-bond acceptors (Lipinski definition) is 3. The van der Waals surface area contributed by atoms with Gasteiger partial charge >= 0.3 is 6.03 Å². The minimum absolute atomic E-state index is 0.372. The lowest BCUT2D eigenvalue weighted by molar-refractivity contribution is -0.133. The first-order chi connectivity index (χ1) is 12.3. The fourth-order valence-electron chi connectivity index (χ4n) is 2.73. The third kappa shape index (κ3) is 3.45. The van der Waals surface area contributed by atoms with E-state index in [9.17, 15) is 14.4 Å². The number of imide groups is 1. The monoisotopic (exact) mass is 435 g/mol. The Bertz CT molecular complexity index is 905. The Hall–Kier alpha value is -2.38. The molecule has 0 unspecified atom stereocenters. The highest BCUT2D eigenvalue weighted by molar-refractivity contribution is 9.10. The summed E-state index contributed by atoms with van der Waals surface area (Å²) in [5.74, 6) is -1.00. The summed E-state index contributed by atoms with van der Waals surface area (Å²) in [7, 11) is 0. The Morgan fingerprint density at radius 2 is 1.96 bits per heavy atom. The molecule has 134 valence electrons. The molecule has 2 aromatic rings. The molecule has 1 aliphatic rings. The summed E-state index contributed by atoms with van der Waals surface area (Å²) in [5, 5.41) is 5.64. The van der Waals surface area contributed by atoms with Gasteiger partial charge in [0.1, 0.15) is 12.1 Å². The number of benzene rings is 2. The average molecular weight is 437 g/mol. The van der Waals surface area contributed by atoms with Gasteiger partial charge in [-0.1, -0.05) is 51.8 Å². The lowest BCUT2D eigenvalue weighted by Gasteiger charge is -2.22. The van der Waals surface area contributed by atoms with Crippen molar-refractivity contribution in [3.05, 3.63) is 63.6 Å². The fraction of sp³-hybridized carbons (Fsp3) is 0.167. The SMILES string of the molecule is C[C@]1(c2cccc(Br)c2)NC(=O)N(CC(=O)Nc2ccccc2Cl)C1=O. The smallest absolute Gasteiger partial charge is 0.323 e. The molecule has 1 aliphatic heterocycles. The number of amides is 4. The molecule has 2 aromatic carbocycles. The summed E-state index contributed by atoms with van der Waals surface area (Å²) < 4.78 is 0.785. The van der Waals surface area contributed by atoms with E-state index in [1.165, 1.54) is 0 Å². The summed E-state index contributed by atoms with van der Waals surface area (Å²) in [4.78, 5) is 38.3. The molecule has 1 heterocycles. The van der Waals surface area contributed by atoms with Crippen LogP contribution in [0.25, 0.3) is 0 Å². The van der Waals surface area contributed by atoms with Crippen LogP contribution >= 0.6 is 27.5 Å². The first-order valence-corrected chi connectivity index (χ1v) is 8.93. The highest BCUT2D eigenvalue weighted by Gasteiger charge is 2.49. The van der Waals surface area contributed by atoms with E-state index in [2.05, 4.69) is 26.6 Å². The number of nitrogens with one attached hydrogen (secondary N) is 2. The topological polar surface area (TPSA) is 78.5 Å². The summed E-state index contributed by atoms with van der Waals surface area (Å²) in [6, 6.07) is 13.2. The van der Waals surface area contributed by atoms with Crippen LogP contribution < -0.4 is 10.6 Å². The molecule has 3 rings (SSSR count). The van der Waals surface area contributed by atoms with Gasteiger partial charge in [-0.25, -0.2) is 4.79 Å². The van der Waals surface area contributed by atoms with Gasteiger partial charge in [-0.2, -0.15) is 0 Å². The summed E-state index contributed by atoms with van der Waals surface area (Å²) in [6.07, 6.45) is 0. The number of para-hydroxylation sites is 1. The molecular formula is C18H15BrClN3O3. The largest absolute Gasteiger partial charge is 0.325 e. The Kier molecular flexibility index (Phi) is 5.02. The van der Waals surface area contributed by atoms with Crippen molar-refractivity contribution in [2.24, 2.45) is 0 Å². The van der Waals surface area contributed by atoms with Gasteiger partial charge in [-0.3, -0.25) is 14.5 Å². The lowest BCUT2D eigenvalue weighted by Crippen LogP contribution is -2.42. The second kappa shape index (κ2) is 7.09. The molecule has 0 saturated carbocycles. The van der Waals surface area contributed by atoms with Crippen molar-refractivity contribution < 1.29 is 14.4 Å². The first kappa shape index (κ1) is 18.4. The number of urea groups is 1. The van der Waals surface area contributed by atoms with E-state index in [1.807, 2.05) is 6.07 Å². The quantitative estimate of drug-likeness (QED) is 0.720. The highest BCUT2D eigenvalue weighted by Crippen LogP contribution is 2.30. The van der Waals surface area contributed by atoms with Crippen LogP contribution in [0, 0.1) is 0 Å². The normalized spacial score (nSPS) is 19.4. The maximum Gasteiger partial charge on any atom is 0.325 e. The molecule has 1 fully saturated rings. The molecule has 1 saturated heterocycles. The summed E-state index contributed by atoms with van der Waals surface area (Å²) >= 11 is 9.36. The van der Waals surface area contributed by atoms with Crippen molar-refractivity contribution in [3.8, 4) is 0 Å². The van der Waals surface area contributed by atoms with Crippen molar-refractivity contribution in [2.75, 3.05) is 11.9 Å². The zero-order chi connectivity index (χ0) is 18.9. The third-order valence-electron chi connectivity index (χ3n) is 4.13. The van der Waals surface area contributed by atoms with E-state index in [-0.39, 0.29) is 0 Å². The number of rotatable bonds is 4. The maximum atomic E-state index is 12.8. The third-order valence-corrected chi connectivity index (χ3v) is 4.95. The van der Waals surface area contributed by atoms with Crippen LogP contribution in [0.4, 0.5) is 10.5 Å². The van der Waals surface area contributed by atoms with Gasteiger partial charge in [-0.15, -0.1) is 0 Å². The molecule has 8 heteroatoms. The standard InChI is InChI=1S/C18H15BrClN3O3/c1-18(11-5-4-6-12(19)9-11)16(25)23(17(26)22-18)10-15(24)21-14-8-3-2-7-13(14)20/h2-9H,10H2,1H3,(H,21,24)(H,22,26)/t18-/m1/s1. The minimum atomic E-state index is -1.23. The van der Waals surface area contributed by atoms with Gasteiger partial charge < -0.3 is 10.6 Å². The summed E-state index contributed by atoms with van der Waals surface area (Å²) in [5.41, 5.74) is -0.189. The van der Waals surface area contributed by atoms with E-state index in [4.69, 9.17) is 11.6 Å². The van der Waals surface area contributed by atoms with Crippen molar-refractivity contribution in [1.29, 1.82) is 0 Å². The molecule has 2 N–H and O–H groups in total. The lowest BCUT2D eigenvalue weighted by atomic mass is 9.92. The molecular weight excluding hydrogens is 422 g/mol. The van der Waals surface area contributed by atoms with Crippen LogP contribution in [0.3, 0.4) is 0 Å². The average Bonchev–Trinajstić information content (AvgIpc) is 2.81. The number of halogens is 2. The van der Waals surface area contributed by atoms with Crippen molar-refractivity contribution in [3.63, 3.8) is 0 Å². The molecule has 0 radical (unpaired) electrons. The minimum Gasteiger partial charge on any atom is -0.323 e. The van der Waals surface area contributed by atoms with E-state index < -0.39 is 29.9 Å². The number of carbonyl (C=O) groups excluding carboxylic acids is 3. The predicted molar refractivity (Wildman–Crippen MR) is 102 cm³/mol. The second-order valence-electron chi connectivity index (χ2n) is 5.98. The van der Waals surface area contributed by atoms with Gasteiger partial charge in [-0.05, 0) is 36.8 Å². The van der Waals surface area contributed by atoms with Gasteiger partial charge in [0.2, 0.25) is 5.91 Å². The molecule has 0 bridgehead atoms. The van der Waals surface area contributed by atoms with Crippen LogP contribution in [-0.4, -0.2) is 29.3 Å². The molecule has 0 spiro atoms. The van der Waals surface area contributed by atoms with Gasteiger partial charge in [0, 0.05) is 4.47 Å². The molecule has 0 aliphatic carbocycles. The number of hydrogen-bond donors (Lipinski definition) is 2. The molecule has 26 heavy (non-hydrogen) atoms. The molecule has 6 nitrogen and oxygen atoms in total. The Labute approximate surface area is 163 Å². The maximum absolute atomic E-state index is 12.8. The van der Waals surface area contributed by atoms with E-state index in [0.717, 1.165) is 9.37 Å². The second-order valence-corrected chi connectivity index (χ2v) is 7.31. The van der Waals surface area contributed by atoms with Crippen LogP contribution in [-0.2, 0) is 15.1 Å². The Morgan fingerprint density at radius 3 is 2.65 bits per heavy atom. The van der Waals surface area contributed by atoms with Crippen LogP contribution in [0.1, 0.15) is 12.5 Å². The fourth-order valence-corrected chi connectivity index (χ4v) is 3.31. The van der Waals surface area contributed by atoms with E-state index >= 15 is 0 Å². The van der Waals surface area contributed by atoms with E-state index in [1.54, 1.807) is 49.4 Å². The van der Waals surface area contributed by atoms with Crippen LogP contribution in [0.15, 0.2) is 53.0 Å². The number of nitrogens with zero attached hydrogens (tertiary/aromatic N) is 1. The van der Waals surface area contributed by atoms with Crippen molar-refractivity contribution >= 4 is 51.1 Å². The van der Waals surface area contributed by atoms with Gasteiger partial charge in [0.15, 0.2) is 0 Å². The first-order valence-electron chi connectivity index (χ1n) is 7.76. The van der Waals surface area contributed by atoms with Crippen molar-refractivity contribution in [2.45, 2.75) is 12.5 Å². The molecule has 4 amide bonds. The molecule has 0 aromatic heterocycles. The van der Waals surface area contributed by atoms with Crippen molar-refractivity contribution in [1.82, 2.24) is 10.2 Å². The Balaban J connectivity index is 1.77. The predicted octanol–water partition coefficient (Wildman–Crippen LogP) is 3.51. The Morgan fingerprint density at radius 1 is 1.23 bits per heavy atom. The van der Waals surface area contributed by atoms with Crippen LogP contribution in [0.2, 0.25) is 5.02 Å². The highest BCUT2D eigenvalue weighted by atomic mass is 79.9. The summed E-state index contributed by atoms with van der Waals surface area (Å²) in [6.45, 7) is 1.21. The number of anilines is 1. The van der Waals surface area contributed by atoms with Crippen LogP contribution in [0.5, 0.6) is 0 Å². The zero-order valence-electron chi connectivity index (χ0n) is 13.8. The van der Waals surface area contributed by atoms with E-state index in [0.29, 0.717) is 16.3 Å². The van der Waals surface area contributed by atoms with Gasteiger partial charge in [0.05, 0.1) is 10.7 Å². The molecule has 1 atom stereocenters. The number of carbonyl (C=O) groups is 3. The van der Waals surface area contributed by atoms with Gasteiger partial charge in [0.25, 0.3) is 5.91 Å². The zero-order valence-corrected chi connectivity index (χ0v) is 16.1.